The first-order valence-electron chi connectivity index (χ1n) is 9.69. The lowest BCUT2D eigenvalue weighted by Crippen LogP contribution is -2.32. The number of aryl methyl sites for hydroxylation is 2. The number of nitrogens with one attached hydrogen (secondary N) is 2. The monoisotopic (exact) mass is 419 g/mol. The third kappa shape index (κ3) is 4.22. The predicted octanol–water partition coefficient (Wildman–Crippen LogP) is 2.39. The Morgan fingerprint density at radius 1 is 1.17 bits per heavy atom. The van der Waals surface area contributed by atoms with Crippen molar-refractivity contribution in [2.75, 3.05) is 33.1 Å². The fraction of sp³-hybridized carbons (Fsp3) is 0.500. The van der Waals surface area contributed by atoms with Crippen LogP contribution in [0.25, 0.3) is 0 Å². The molecule has 0 unspecified atom stereocenters. The number of ether oxygens (including phenoxy) is 1. The van der Waals surface area contributed by atoms with E-state index < -0.39 is 10.0 Å². The van der Waals surface area contributed by atoms with Crippen molar-refractivity contribution in [3.63, 3.8) is 0 Å². The minimum Gasteiger partial charge on any atom is -0.496 e. The zero-order chi connectivity index (χ0) is 21.2. The van der Waals surface area contributed by atoms with Crippen LogP contribution in [0.3, 0.4) is 0 Å². The van der Waals surface area contributed by atoms with Crippen molar-refractivity contribution in [3.05, 3.63) is 40.8 Å². The lowest BCUT2D eigenvalue weighted by molar-refractivity contribution is 0.382. The van der Waals surface area contributed by atoms with Crippen molar-refractivity contribution in [2.24, 2.45) is 0 Å². The number of anilines is 1. The molecule has 1 aromatic heterocycles. The molecule has 158 valence electrons. The minimum absolute atomic E-state index is 0.308. The van der Waals surface area contributed by atoms with Gasteiger partial charge in [-0.3, -0.25) is 0 Å². The molecule has 1 fully saturated rings. The van der Waals surface area contributed by atoms with E-state index in [1.165, 1.54) is 0 Å². The number of benzene rings is 1. The summed E-state index contributed by atoms with van der Waals surface area (Å²) in [5, 5.41) is 6.13. The molecule has 0 bridgehead atoms. The molecule has 2 N–H and O–H groups in total. The maximum Gasteiger partial charge on any atom is 0.244 e. The molecule has 8 nitrogen and oxygen atoms in total. The second-order valence-electron chi connectivity index (χ2n) is 7.24. The Balaban J connectivity index is 2.03. The molecule has 2 aromatic rings. The van der Waals surface area contributed by atoms with E-state index in [1.807, 2.05) is 20.0 Å². The van der Waals surface area contributed by atoms with E-state index in [2.05, 4.69) is 20.6 Å². The van der Waals surface area contributed by atoms with Gasteiger partial charge in [0.05, 0.1) is 23.7 Å². The molecule has 1 saturated heterocycles. The van der Waals surface area contributed by atoms with Crippen molar-refractivity contribution < 1.29 is 13.2 Å². The second kappa shape index (κ2) is 8.64. The van der Waals surface area contributed by atoms with Gasteiger partial charge in [0, 0.05) is 26.2 Å². The third-order valence-electron chi connectivity index (χ3n) is 5.19. The highest BCUT2D eigenvalue weighted by atomic mass is 32.2. The molecule has 0 spiro atoms. The van der Waals surface area contributed by atoms with Gasteiger partial charge in [0.15, 0.2) is 0 Å². The summed E-state index contributed by atoms with van der Waals surface area (Å²) in [6.07, 6.45) is 1.46. The maximum atomic E-state index is 13.6. The molecule has 3 rings (SSSR count). The van der Waals surface area contributed by atoms with Crippen LogP contribution in [0, 0.1) is 13.8 Å². The van der Waals surface area contributed by atoms with Crippen LogP contribution in [0.4, 0.5) is 5.82 Å². The topological polar surface area (TPSA) is 96.5 Å². The number of methoxy groups -OCH3 is 1. The summed E-state index contributed by atoms with van der Waals surface area (Å²) >= 11 is 0. The summed E-state index contributed by atoms with van der Waals surface area (Å²) in [7, 11) is 1.53. The summed E-state index contributed by atoms with van der Waals surface area (Å²) in [5.41, 5.74) is 2.28. The summed E-state index contributed by atoms with van der Waals surface area (Å²) < 4.78 is 34.0. The van der Waals surface area contributed by atoms with Gasteiger partial charge >= 0.3 is 0 Å². The number of nitrogens with zero attached hydrogens (tertiary/aromatic N) is 3. The Morgan fingerprint density at radius 3 is 2.59 bits per heavy atom. The zero-order valence-electron chi connectivity index (χ0n) is 17.6. The SMILES string of the molecule is CNCc1cc(NC)nc([C@@H]2CCCN2S(=O)(=O)c2cc(C)c(OC)cc2C)n1. The average molecular weight is 420 g/mol. The predicted molar refractivity (Wildman–Crippen MR) is 113 cm³/mol. The fourth-order valence-corrected chi connectivity index (χ4v) is 5.69. The summed E-state index contributed by atoms with van der Waals surface area (Å²) in [5.74, 6) is 1.90. The highest BCUT2D eigenvalue weighted by Gasteiger charge is 2.39. The molecule has 9 heteroatoms. The number of hydrogen-bond donors (Lipinski definition) is 2. The zero-order valence-corrected chi connectivity index (χ0v) is 18.4. The molecule has 1 aliphatic heterocycles. The highest BCUT2D eigenvalue weighted by molar-refractivity contribution is 7.89. The number of hydrogen-bond acceptors (Lipinski definition) is 7. The van der Waals surface area contributed by atoms with Gasteiger partial charge in [-0.2, -0.15) is 4.31 Å². The van der Waals surface area contributed by atoms with Gasteiger partial charge in [-0.05, 0) is 57.0 Å². The van der Waals surface area contributed by atoms with E-state index in [0.29, 0.717) is 47.4 Å². The summed E-state index contributed by atoms with van der Waals surface area (Å²) in [4.78, 5) is 9.51. The number of aromatic nitrogens is 2. The van der Waals surface area contributed by atoms with Crippen molar-refractivity contribution in [1.29, 1.82) is 0 Å². The van der Waals surface area contributed by atoms with Crippen molar-refractivity contribution in [2.45, 2.75) is 44.2 Å². The second-order valence-corrected chi connectivity index (χ2v) is 9.10. The van der Waals surface area contributed by atoms with Crippen LogP contribution in [0.1, 0.15) is 41.5 Å². The van der Waals surface area contributed by atoms with E-state index in [1.54, 1.807) is 37.5 Å². The molecule has 1 aromatic carbocycles. The first-order valence-corrected chi connectivity index (χ1v) is 11.1. The molecule has 1 atom stereocenters. The molecule has 0 radical (unpaired) electrons. The smallest absolute Gasteiger partial charge is 0.244 e. The van der Waals surface area contributed by atoms with Gasteiger partial charge in [-0.25, -0.2) is 18.4 Å². The Kier molecular flexibility index (Phi) is 6.40. The standard InChI is InChI=1S/C20H29N5O3S/c1-13-10-18(14(2)9-17(13)28-5)29(26,27)25-8-6-7-16(25)20-23-15(12-21-3)11-19(22-4)24-20/h9-11,16,21H,6-8,12H2,1-5H3,(H,22,23,24)/t16-/m0/s1. The quantitative estimate of drug-likeness (QED) is 0.711. The van der Waals surface area contributed by atoms with E-state index in [4.69, 9.17) is 4.74 Å². The van der Waals surface area contributed by atoms with E-state index >= 15 is 0 Å². The van der Waals surface area contributed by atoms with Crippen molar-refractivity contribution in [1.82, 2.24) is 19.6 Å². The highest BCUT2D eigenvalue weighted by Crippen LogP contribution is 2.37. The van der Waals surface area contributed by atoms with Gasteiger partial charge in [0.2, 0.25) is 10.0 Å². The van der Waals surface area contributed by atoms with Crippen LogP contribution in [0.2, 0.25) is 0 Å². The lowest BCUT2D eigenvalue weighted by atomic mass is 10.1. The fourth-order valence-electron chi connectivity index (χ4n) is 3.74. The maximum absolute atomic E-state index is 13.6. The van der Waals surface area contributed by atoms with E-state index in [-0.39, 0.29) is 6.04 Å². The lowest BCUT2D eigenvalue weighted by Gasteiger charge is -2.25. The Morgan fingerprint density at radius 2 is 1.93 bits per heavy atom. The molecular weight excluding hydrogens is 390 g/mol. The molecular formula is C20H29N5O3S. The Hall–Kier alpha value is -2.23. The van der Waals surface area contributed by atoms with Crippen LogP contribution in [0.5, 0.6) is 5.75 Å². The first kappa shape index (κ1) is 21.5. The van der Waals surface area contributed by atoms with Gasteiger partial charge < -0.3 is 15.4 Å². The van der Waals surface area contributed by atoms with Crippen LogP contribution < -0.4 is 15.4 Å². The molecule has 2 heterocycles. The summed E-state index contributed by atoms with van der Waals surface area (Å²) in [6, 6.07) is 4.95. The van der Waals surface area contributed by atoms with E-state index in [0.717, 1.165) is 17.7 Å². The largest absolute Gasteiger partial charge is 0.496 e. The first-order chi connectivity index (χ1) is 13.8. The average Bonchev–Trinajstić information content (AvgIpc) is 3.20. The molecule has 0 aliphatic carbocycles. The van der Waals surface area contributed by atoms with Crippen LogP contribution >= 0.6 is 0 Å². The van der Waals surface area contributed by atoms with Crippen molar-refractivity contribution >= 4 is 15.8 Å². The van der Waals surface area contributed by atoms with Gasteiger partial charge in [-0.15, -0.1) is 0 Å². The molecule has 29 heavy (non-hydrogen) atoms. The van der Waals surface area contributed by atoms with Crippen LogP contribution in [-0.4, -0.2) is 50.4 Å². The van der Waals surface area contributed by atoms with E-state index in [9.17, 15) is 8.42 Å². The summed E-state index contributed by atoms with van der Waals surface area (Å²) in [6.45, 7) is 4.68. The van der Waals surface area contributed by atoms with Crippen molar-refractivity contribution in [3.8, 4) is 5.75 Å². The van der Waals surface area contributed by atoms with Crippen LogP contribution in [-0.2, 0) is 16.6 Å². The number of rotatable bonds is 7. The normalized spacial score (nSPS) is 17.5. The molecule has 1 aliphatic rings. The Bertz CT molecular complexity index is 994. The van der Waals surface area contributed by atoms with Gasteiger partial charge in [0.1, 0.15) is 17.4 Å². The number of sulfonamides is 1. The Labute approximate surface area is 172 Å². The molecule has 0 amide bonds. The third-order valence-corrected chi connectivity index (χ3v) is 7.24. The van der Waals surface area contributed by atoms with Gasteiger partial charge in [-0.1, -0.05) is 0 Å². The minimum atomic E-state index is -3.70. The van der Waals surface area contributed by atoms with Gasteiger partial charge in [0.25, 0.3) is 0 Å². The van der Waals surface area contributed by atoms with Crippen LogP contribution in [0.15, 0.2) is 23.1 Å². The molecule has 0 saturated carbocycles.